The second-order valence-electron chi connectivity index (χ2n) is 6.74. The summed E-state index contributed by atoms with van der Waals surface area (Å²) >= 11 is 1.09. The highest BCUT2D eigenvalue weighted by atomic mass is 32.2. The van der Waals surface area contributed by atoms with Crippen LogP contribution in [0.1, 0.15) is 25.0 Å². The first kappa shape index (κ1) is 19.6. The van der Waals surface area contributed by atoms with Crippen LogP contribution in [0.2, 0.25) is 0 Å². The van der Waals surface area contributed by atoms with Crippen molar-refractivity contribution in [1.29, 1.82) is 10.5 Å². The van der Waals surface area contributed by atoms with E-state index in [1.807, 2.05) is 38.1 Å². The predicted molar refractivity (Wildman–Crippen MR) is 101 cm³/mol. The van der Waals surface area contributed by atoms with Gasteiger partial charge in [-0.3, -0.25) is 9.59 Å². The number of hydrogen-bond acceptors (Lipinski definition) is 5. The Morgan fingerprint density at radius 1 is 1.35 bits per heavy atom. The summed E-state index contributed by atoms with van der Waals surface area (Å²) in [7, 11) is 0. The van der Waals surface area contributed by atoms with E-state index in [9.17, 15) is 20.1 Å². The van der Waals surface area contributed by atoms with E-state index in [0.717, 1.165) is 28.6 Å². The van der Waals surface area contributed by atoms with Crippen LogP contribution in [-0.4, -0.2) is 17.6 Å². The van der Waals surface area contributed by atoms with Gasteiger partial charge in [0.2, 0.25) is 11.8 Å². The van der Waals surface area contributed by atoms with Crippen molar-refractivity contribution in [2.45, 2.75) is 27.7 Å². The summed E-state index contributed by atoms with van der Waals surface area (Å²) in [5.41, 5.74) is 2.21. The Balaban J connectivity index is 2.13. The third-order valence-corrected chi connectivity index (χ3v) is 5.34. The van der Waals surface area contributed by atoms with Crippen molar-refractivity contribution in [2.75, 3.05) is 11.1 Å². The molecule has 0 radical (unpaired) electrons. The van der Waals surface area contributed by atoms with Crippen molar-refractivity contribution in [3.05, 3.63) is 39.9 Å². The van der Waals surface area contributed by atoms with Gasteiger partial charge in [-0.05, 0) is 25.5 Å². The van der Waals surface area contributed by atoms with Gasteiger partial charge in [-0.25, -0.2) is 0 Å². The maximum Gasteiger partial charge on any atom is 0.243 e. The maximum atomic E-state index is 12.2. The number of amides is 2. The highest BCUT2D eigenvalue weighted by molar-refractivity contribution is 8.03. The molecule has 26 heavy (non-hydrogen) atoms. The zero-order valence-electron chi connectivity index (χ0n) is 15.1. The smallest absolute Gasteiger partial charge is 0.243 e. The molecule has 6 nitrogen and oxygen atoms in total. The maximum absolute atomic E-state index is 12.2. The molecule has 0 aliphatic carbocycles. The van der Waals surface area contributed by atoms with Gasteiger partial charge in [0.25, 0.3) is 0 Å². The van der Waals surface area contributed by atoms with Gasteiger partial charge in [-0.15, -0.1) is 0 Å². The van der Waals surface area contributed by atoms with E-state index in [4.69, 9.17) is 0 Å². The monoisotopic (exact) mass is 368 g/mol. The number of nitriles is 2. The number of carbonyl (C=O) groups is 2. The Hall–Kier alpha value is -2.77. The molecule has 2 rings (SSSR count). The van der Waals surface area contributed by atoms with Gasteiger partial charge in [0.05, 0.1) is 28.5 Å². The normalized spacial score (nSPS) is 18.5. The second kappa shape index (κ2) is 7.63. The van der Waals surface area contributed by atoms with E-state index < -0.39 is 17.2 Å². The number of benzene rings is 1. The van der Waals surface area contributed by atoms with Crippen molar-refractivity contribution < 1.29 is 9.59 Å². The van der Waals surface area contributed by atoms with Gasteiger partial charge in [0.1, 0.15) is 5.92 Å². The highest BCUT2D eigenvalue weighted by Gasteiger charge is 2.44. The molecule has 2 N–H and O–H groups in total. The zero-order chi connectivity index (χ0) is 19.5. The minimum absolute atomic E-state index is 0.0431. The van der Waals surface area contributed by atoms with Crippen LogP contribution in [0.5, 0.6) is 0 Å². The van der Waals surface area contributed by atoms with Crippen molar-refractivity contribution in [2.24, 2.45) is 11.3 Å². The fraction of sp³-hybridized carbons (Fsp3) is 0.368. The van der Waals surface area contributed by atoms with Crippen LogP contribution in [0.15, 0.2) is 28.8 Å². The third kappa shape index (κ3) is 3.89. The number of anilines is 1. The number of allylic oxidation sites excluding steroid dienone is 1. The lowest BCUT2D eigenvalue weighted by molar-refractivity contribution is -0.125. The molecule has 7 heteroatoms. The molecule has 134 valence electrons. The lowest BCUT2D eigenvalue weighted by Gasteiger charge is -2.34. The van der Waals surface area contributed by atoms with Gasteiger partial charge in [-0.2, -0.15) is 10.5 Å². The molecule has 0 unspecified atom stereocenters. The first-order valence-corrected chi connectivity index (χ1v) is 9.04. The molecule has 1 aromatic carbocycles. The number of hydrogen-bond donors (Lipinski definition) is 2. The van der Waals surface area contributed by atoms with Crippen LogP contribution in [0.25, 0.3) is 0 Å². The topological polar surface area (TPSA) is 106 Å². The summed E-state index contributed by atoms with van der Waals surface area (Å²) in [5, 5.41) is 24.4. The molecule has 0 fully saturated rings. The fourth-order valence-corrected chi connectivity index (χ4v) is 3.79. The van der Waals surface area contributed by atoms with E-state index in [1.54, 1.807) is 13.8 Å². The minimum atomic E-state index is -0.939. The summed E-state index contributed by atoms with van der Waals surface area (Å²) < 4.78 is 0. The van der Waals surface area contributed by atoms with Crippen LogP contribution in [0.3, 0.4) is 0 Å². The average molecular weight is 368 g/mol. The molecule has 0 saturated carbocycles. The molecular weight excluding hydrogens is 348 g/mol. The number of nitrogens with one attached hydrogen (secondary N) is 2. The molecule has 0 aromatic heterocycles. The molecule has 0 spiro atoms. The van der Waals surface area contributed by atoms with E-state index in [1.165, 1.54) is 0 Å². The second-order valence-corrected chi connectivity index (χ2v) is 7.73. The van der Waals surface area contributed by atoms with Gasteiger partial charge in [0, 0.05) is 11.1 Å². The number of rotatable bonds is 4. The molecule has 0 saturated heterocycles. The van der Waals surface area contributed by atoms with E-state index in [0.29, 0.717) is 10.6 Å². The first-order chi connectivity index (χ1) is 12.2. The van der Waals surface area contributed by atoms with Crippen molar-refractivity contribution >= 4 is 29.3 Å². The highest BCUT2D eigenvalue weighted by Crippen LogP contribution is 2.41. The quantitative estimate of drug-likeness (QED) is 0.850. The molecule has 1 aliphatic heterocycles. The Labute approximate surface area is 157 Å². The van der Waals surface area contributed by atoms with Crippen LogP contribution in [0.4, 0.5) is 5.69 Å². The third-order valence-electron chi connectivity index (χ3n) is 4.34. The predicted octanol–water partition coefficient (Wildman–Crippen LogP) is 3.01. The van der Waals surface area contributed by atoms with Crippen LogP contribution in [0, 0.1) is 47.8 Å². The lowest BCUT2D eigenvalue weighted by Crippen LogP contribution is -2.44. The zero-order valence-corrected chi connectivity index (χ0v) is 16.0. The summed E-state index contributed by atoms with van der Waals surface area (Å²) in [4.78, 5) is 24.4. The van der Waals surface area contributed by atoms with Crippen molar-refractivity contribution in [1.82, 2.24) is 5.32 Å². The van der Waals surface area contributed by atoms with Crippen LogP contribution in [-0.2, 0) is 9.59 Å². The number of aryl methyl sites for hydroxylation is 2. The summed E-state index contributed by atoms with van der Waals surface area (Å²) in [6.07, 6.45) is 0. The lowest BCUT2D eigenvalue weighted by atomic mass is 9.72. The number of thioether (sulfide) groups is 1. The Morgan fingerprint density at radius 2 is 2.04 bits per heavy atom. The van der Waals surface area contributed by atoms with Crippen molar-refractivity contribution in [3.8, 4) is 12.1 Å². The standard InChI is InChI=1S/C19H20N4O2S/c1-11-5-6-15(12(2)7-11)22-16(24)10-26-18-14(9-21)19(3,4)13(8-20)17(25)23-18/h5-7,13H,10H2,1-4H3,(H,22,24)(H,23,25)/t13-/m1/s1. The molecule has 0 bridgehead atoms. The molecule has 2 amide bonds. The van der Waals surface area contributed by atoms with Crippen molar-refractivity contribution in [3.63, 3.8) is 0 Å². The van der Waals surface area contributed by atoms with E-state index in [-0.39, 0.29) is 11.7 Å². The van der Waals surface area contributed by atoms with E-state index in [2.05, 4.69) is 16.7 Å². The van der Waals surface area contributed by atoms with Gasteiger partial charge in [-0.1, -0.05) is 43.3 Å². The summed E-state index contributed by atoms with van der Waals surface area (Å²) in [6, 6.07) is 9.77. The largest absolute Gasteiger partial charge is 0.325 e. The molecule has 1 atom stereocenters. The summed E-state index contributed by atoms with van der Waals surface area (Å²) in [6.45, 7) is 7.27. The number of nitrogens with zero attached hydrogens (tertiary/aromatic N) is 2. The molecule has 1 aliphatic rings. The van der Waals surface area contributed by atoms with Gasteiger partial charge < -0.3 is 10.6 Å². The Bertz CT molecular complexity index is 875. The van der Waals surface area contributed by atoms with Crippen LogP contribution >= 0.6 is 11.8 Å². The Morgan fingerprint density at radius 3 is 2.62 bits per heavy atom. The van der Waals surface area contributed by atoms with Crippen LogP contribution < -0.4 is 10.6 Å². The molecular formula is C19H20N4O2S. The van der Waals surface area contributed by atoms with Gasteiger partial charge in [0.15, 0.2) is 0 Å². The van der Waals surface area contributed by atoms with Gasteiger partial charge >= 0.3 is 0 Å². The Kier molecular flexibility index (Phi) is 5.74. The average Bonchev–Trinajstić information content (AvgIpc) is 2.55. The van der Waals surface area contributed by atoms with E-state index >= 15 is 0 Å². The fourth-order valence-electron chi connectivity index (χ4n) is 2.81. The first-order valence-electron chi connectivity index (χ1n) is 8.06. The molecule has 1 heterocycles. The molecule has 1 aromatic rings. The minimum Gasteiger partial charge on any atom is -0.325 e. The number of carbonyl (C=O) groups excluding carboxylic acids is 2. The summed E-state index contributed by atoms with van der Waals surface area (Å²) in [5.74, 6) is -1.58. The SMILES string of the molecule is Cc1ccc(NC(=O)CSC2=C(C#N)C(C)(C)[C@H](C#N)C(=O)N2)c(C)c1.